The van der Waals surface area contributed by atoms with Gasteiger partial charge in [-0.05, 0) is 44.9 Å². The van der Waals surface area contributed by atoms with Gasteiger partial charge < -0.3 is 89.9 Å². The summed E-state index contributed by atoms with van der Waals surface area (Å²) in [5.74, 6) is -0.290. The SMILES string of the molecule is CCCC/C=C\C/C=C\CCCCCCCC(=O)NC(COC1OC(CO)C(OC2OC(CO)C(OC3OC(CO)C(O)C(O)C3O)C(O)C2O)C(O)C1O)C(O)/C=C/CCCCCCCCCCCCCCCCCCCC. The second kappa shape index (κ2) is 43.6. The van der Waals surface area contributed by atoms with E-state index in [1.165, 1.54) is 109 Å². The van der Waals surface area contributed by atoms with E-state index in [-0.39, 0.29) is 18.9 Å². The molecule has 17 atom stereocenters. The Labute approximate surface area is 472 Å². The highest BCUT2D eigenvalue weighted by molar-refractivity contribution is 5.76. The van der Waals surface area contributed by atoms with Gasteiger partial charge in [-0.3, -0.25) is 4.79 Å². The molecule has 0 saturated carbocycles. The van der Waals surface area contributed by atoms with Gasteiger partial charge in [0.05, 0.1) is 38.6 Å². The molecule has 19 nitrogen and oxygen atoms in total. The average Bonchev–Trinajstić information content (AvgIpc) is 3.55. The predicted octanol–water partition coefficient (Wildman–Crippen LogP) is 5.71. The van der Waals surface area contributed by atoms with Gasteiger partial charge in [-0.2, -0.15) is 0 Å². The van der Waals surface area contributed by atoms with Crippen molar-refractivity contribution in [2.45, 2.75) is 311 Å². The van der Waals surface area contributed by atoms with Gasteiger partial charge in [0.2, 0.25) is 5.91 Å². The number of carbonyl (C=O) groups excluding carboxylic acids is 1. The Morgan fingerprint density at radius 2 is 0.848 bits per heavy atom. The summed E-state index contributed by atoms with van der Waals surface area (Å²) in [6, 6.07) is -0.979. The summed E-state index contributed by atoms with van der Waals surface area (Å²) in [5, 5.41) is 120. The van der Waals surface area contributed by atoms with Gasteiger partial charge in [0.15, 0.2) is 18.9 Å². The maximum Gasteiger partial charge on any atom is 0.220 e. The standard InChI is InChI=1S/C60H109NO18/c1-3-5-7-9-11-13-15-17-19-20-21-22-23-24-25-27-29-31-33-35-37-44(65)43(61-48(66)38-36-34-32-30-28-26-18-16-14-12-10-8-6-4-2)42-74-58-54(72)51(69)56(46(40-63)76-58)79-60-55(73)52(70)57(47(41-64)77-60)78-59-53(71)50(68)49(67)45(39-62)75-59/h10,12,16,18,35,37,43-47,49-60,62-65,67-73H,3-9,11,13-15,17,19-34,36,38-42H2,1-2H3,(H,61,66)/b12-10-,18-16-,37-35+. The lowest BCUT2D eigenvalue weighted by Gasteiger charge is -2.48. The number of allylic oxidation sites excluding steroid dienone is 5. The van der Waals surface area contributed by atoms with Crippen molar-refractivity contribution in [1.29, 1.82) is 0 Å². The third-order valence-corrected chi connectivity index (χ3v) is 15.4. The number of rotatable bonds is 45. The van der Waals surface area contributed by atoms with Crippen molar-refractivity contribution >= 4 is 5.91 Å². The molecular formula is C60H109NO18. The number of nitrogens with one attached hydrogen (secondary N) is 1. The molecule has 0 aromatic carbocycles. The van der Waals surface area contributed by atoms with Crippen molar-refractivity contribution in [2.75, 3.05) is 26.4 Å². The molecule has 0 radical (unpaired) electrons. The zero-order valence-corrected chi connectivity index (χ0v) is 48.1. The Hall–Kier alpha value is -1.99. The fourth-order valence-electron chi connectivity index (χ4n) is 10.3. The van der Waals surface area contributed by atoms with E-state index in [4.69, 9.17) is 28.4 Å². The number of unbranched alkanes of at least 4 members (excludes halogenated alkanes) is 25. The molecule has 3 aliphatic heterocycles. The van der Waals surface area contributed by atoms with Crippen LogP contribution in [-0.4, -0.2) is 193 Å². The van der Waals surface area contributed by atoms with Gasteiger partial charge in [-0.1, -0.05) is 192 Å². The fraction of sp³-hybridized carbons (Fsp3) is 0.883. The summed E-state index contributed by atoms with van der Waals surface area (Å²) >= 11 is 0. The minimum atomic E-state index is -1.98. The Morgan fingerprint density at radius 3 is 1.33 bits per heavy atom. The molecule has 12 N–H and O–H groups in total. The molecule has 0 bridgehead atoms. The van der Waals surface area contributed by atoms with Crippen LogP contribution in [0.4, 0.5) is 0 Å². The first-order valence-corrected chi connectivity index (χ1v) is 30.7. The summed E-state index contributed by atoms with van der Waals surface area (Å²) in [7, 11) is 0. The van der Waals surface area contributed by atoms with Crippen LogP contribution in [0.1, 0.15) is 206 Å². The van der Waals surface area contributed by atoms with E-state index in [2.05, 4.69) is 43.5 Å². The van der Waals surface area contributed by atoms with Crippen LogP contribution in [0.15, 0.2) is 36.5 Å². The topological polar surface area (TPSA) is 307 Å². The second-order valence-corrected chi connectivity index (χ2v) is 22.2. The van der Waals surface area contributed by atoms with Crippen molar-refractivity contribution in [3.05, 3.63) is 36.5 Å². The van der Waals surface area contributed by atoms with Crippen molar-refractivity contribution in [3.8, 4) is 0 Å². The van der Waals surface area contributed by atoms with Crippen LogP contribution in [0.5, 0.6) is 0 Å². The molecule has 19 heteroatoms. The van der Waals surface area contributed by atoms with E-state index in [0.29, 0.717) is 6.42 Å². The average molecular weight is 1130 g/mol. The van der Waals surface area contributed by atoms with E-state index in [0.717, 1.165) is 70.6 Å². The van der Waals surface area contributed by atoms with Crippen LogP contribution in [0.25, 0.3) is 0 Å². The van der Waals surface area contributed by atoms with Crippen molar-refractivity contribution in [3.63, 3.8) is 0 Å². The molecule has 3 saturated heterocycles. The first-order valence-electron chi connectivity index (χ1n) is 30.7. The van der Waals surface area contributed by atoms with Crippen LogP contribution in [-0.2, 0) is 33.2 Å². The molecular weight excluding hydrogens is 1020 g/mol. The number of carbonyl (C=O) groups is 1. The Kier molecular flexibility index (Phi) is 39.4. The highest BCUT2D eigenvalue weighted by Crippen LogP contribution is 2.33. The lowest BCUT2D eigenvalue weighted by molar-refractivity contribution is -0.379. The zero-order valence-electron chi connectivity index (χ0n) is 48.1. The normalized spacial score (nSPS) is 30.5. The van der Waals surface area contributed by atoms with Gasteiger partial charge in [-0.25, -0.2) is 0 Å². The van der Waals surface area contributed by atoms with E-state index >= 15 is 0 Å². The van der Waals surface area contributed by atoms with Crippen molar-refractivity contribution in [2.24, 2.45) is 0 Å². The third-order valence-electron chi connectivity index (χ3n) is 15.4. The van der Waals surface area contributed by atoms with Gasteiger partial charge in [-0.15, -0.1) is 0 Å². The van der Waals surface area contributed by atoms with Crippen LogP contribution < -0.4 is 5.32 Å². The predicted molar refractivity (Wildman–Crippen MR) is 300 cm³/mol. The summed E-state index contributed by atoms with van der Waals surface area (Å²) in [4.78, 5) is 13.3. The number of aliphatic hydroxyl groups is 11. The van der Waals surface area contributed by atoms with E-state index in [1.54, 1.807) is 6.08 Å². The van der Waals surface area contributed by atoms with Crippen LogP contribution in [0, 0.1) is 0 Å². The van der Waals surface area contributed by atoms with Crippen molar-refractivity contribution < 1.29 is 89.4 Å². The molecule has 3 aliphatic rings. The fourth-order valence-corrected chi connectivity index (χ4v) is 10.3. The van der Waals surface area contributed by atoms with E-state index in [1.807, 2.05) is 6.08 Å². The maximum atomic E-state index is 13.3. The van der Waals surface area contributed by atoms with Gasteiger partial charge in [0.25, 0.3) is 0 Å². The van der Waals surface area contributed by atoms with Crippen LogP contribution >= 0.6 is 0 Å². The zero-order chi connectivity index (χ0) is 57.6. The summed E-state index contributed by atoms with van der Waals surface area (Å²) in [6.45, 7) is 1.67. The van der Waals surface area contributed by atoms with Gasteiger partial charge in [0.1, 0.15) is 73.2 Å². The third kappa shape index (κ3) is 27.5. The maximum absolute atomic E-state index is 13.3. The smallest absolute Gasteiger partial charge is 0.220 e. The van der Waals surface area contributed by atoms with E-state index in [9.17, 15) is 61.0 Å². The number of hydrogen-bond donors (Lipinski definition) is 12. The second-order valence-electron chi connectivity index (χ2n) is 22.2. The lowest BCUT2D eigenvalue weighted by Crippen LogP contribution is -2.66. The molecule has 3 heterocycles. The molecule has 1 amide bonds. The molecule has 79 heavy (non-hydrogen) atoms. The highest BCUT2D eigenvalue weighted by atomic mass is 16.8. The number of ether oxygens (including phenoxy) is 6. The quantitative estimate of drug-likeness (QED) is 0.0257. The summed E-state index contributed by atoms with van der Waals surface area (Å²) in [5.41, 5.74) is 0. The van der Waals surface area contributed by atoms with Gasteiger partial charge >= 0.3 is 0 Å². The molecule has 17 unspecified atom stereocenters. The first-order chi connectivity index (χ1) is 38.3. The molecule has 3 rings (SSSR count). The minimum absolute atomic E-state index is 0.227. The Morgan fingerprint density at radius 1 is 0.456 bits per heavy atom. The molecule has 0 aromatic rings. The van der Waals surface area contributed by atoms with Crippen molar-refractivity contribution in [1.82, 2.24) is 5.32 Å². The van der Waals surface area contributed by atoms with Crippen LogP contribution in [0.3, 0.4) is 0 Å². The molecule has 0 spiro atoms. The molecule has 3 fully saturated rings. The number of aliphatic hydroxyl groups excluding tert-OH is 11. The largest absolute Gasteiger partial charge is 0.394 e. The Bertz CT molecular complexity index is 1590. The van der Waals surface area contributed by atoms with Gasteiger partial charge in [0, 0.05) is 6.42 Å². The molecule has 0 aliphatic carbocycles. The first kappa shape index (κ1) is 71.3. The summed E-state index contributed by atoms with van der Waals surface area (Å²) < 4.78 is 34.2. The number of amides is 1. The lowest BCUT2D eigenvalue weighted by atomic mass is 9.96. The monoisotopic (exact) mass is 1130 g/mol. The summed E-state index contributed by atoms with van der Waals surface area (Å²) in [6.07, 6.45) is 19.8. The molecule has 462 valence electrons. The minimum Gasteiger partial charge on any atom is -0.394 e. The number of hydrogen-bond acceptors (Lipinski definition) is 18. The molecule has 0 aromatic heterocycles. The Balaban J connectivity index is 1.50. The van der Waals surface area contributed by atoms with E-state index < -0.39 is 124 Å². The highest BCUT2D eigenvalue weighted by Gasteiger charge is 2.53. The van der Waals surface area contributed by atoms with Crippen LogP contribution in [0.2, 0.25) is 0 Å².